The number of esters is 3. The van der Waals surface area contributed by atoms with Gasteiger partial charge in [-0.05, 0) is 42.5 Å². The van der Waals surface area contributed by atoms with E-state index in [-0.39, 0.29) is 17.7 Å². The fourth-order valence-electron chi connectivity index (χ4n) is 10.8. The van der Waals surface area contributed by atoms with Crippen molar-refractivity contribution in [2.24, 2.45) is 5.41 Å². The number of fused-ring (bicyclic) bond motifs is 1. The molecule has 2 aromatic rings. The second-order valence-electron chi connectivity index (χ2n) is 22.8. The van der Waals surface area contributed by atoms with Crippen LogP contribution in [0.25, 0.3) is 0 Å². The van der Waals surface area contributed by atoms with Gasteiger partial charge in [-0.25, -0.2) is 0 Å². The number of benzene rings is 2. The summed E-state index contributed by atoms with van der Waals surface area (Å²) in [7, 11) is 0. The van der Waals surface area contributed by atoms with Crippen LogP contribution < -0.4 is 0 Å². The molecule has 0 saturated carbocycles. The number of nitrogens with zero attached hydrogens (tertiary/aromatic N) is 1. The average Bonchev–Trinajstić information content (AvgIpc) is 3.84. The highest BCUT2D eigenvalue weighted by Gasteiger charge is 2.57. The van der Waals surface area contributed by atoms with Crippen molar-refractivity contribution in [1.29, 1.82) is 0 Å². The molecule has 2 aliphatic heterocycles. The monoisotopic (exact) mass is 1150 g/mol. The minimum Gasteiger partial charge on any atom is -0.463 e. The first-order valence-corrected chi connectivity index (χ1v) is 32.6. The summed E-state index contributed by atoms with van der Waals surface area (Å²) in [5.41, 5.74) is 0.677. The Labute approximate surface area is 492 Å². The van der Waals surface area contributed by atoms with Crippen LogP contribution in [0, 0.1) is 5.41 Å². The summed E-state index contributed by atoms with van der Waals surface area (Å²) in [6.45, 7) is 14.2. The van der Waals surface area contributed by atoms with Gasteiger partial charge in [-0.2, -0.15) is 0 Å². The van der Waals surface area contributed by atoms with E-state index in [1.54, 1.807) is 24.3 Å². The first kappa shape index (κ1) is 69.6. The topological polar surface area (TPSA) is 162 Å². The Balaban J connectivity index is 1.50. The van der Waals surface area contributed by atoms with Crippen LogP contribution >= 0.6 is 11.8 Å². The maximum atomic E-state index is 14.2. The zero-order valence-corrected chi connectivity index (χ0v) is 51.6. The molecule has 0 aliphatic carbocycles. The Morgan fingerprint density at radius 3 is 1.35 bits per heavy atom. The lowest BCUT2D eigenvalue weighted by atomic mass is 9.92. The third kappa shape index (κ3) is 27.2. The van der Waals surface area contributed by atoms with Crippen LogP contribution in [-0.2, 0) is 64.6 Å². The van der Waals surface area contributed by atoms with E-state index in [1.807, 2.05) is 18.2 Å². The lowest BCUT2D eigenvalue weighted by Crippen LogP contribution is -2.66. The Kier molecular flexibility index (Phi) is 36.1. The first-order chi connectivity index (χ1) is 39.4. The van der Waals surface area contributed by atoms with E-state index in [0.29, 0.717) is 58.6 Å². The van der Waals surface area contributed by atoms with Crippen LogP contribution in [0.5, 0.6) is 0 Å². The first-order valence-electron chi connectivity index (χ1n) is 31.5. The molecule has 2 aromatic carbocycles. The summed E-state index contributed by atoms with van der Waals surface area (Å²) in [5, 5.41) is 0. The smallest absolute Gasteiger partial charge is 0.303 e. The van der Waals surface area contributed by atoms with E-state index in [4.69, 9.17) is 37.9 Å². The van der Waals surface area contributed by atoms with Crippen LogP contribution in [0.1, 0.15) is 247 Å². The Hall–Kier alpha value is -3.86. The highest BCUT2D eigenvalue weighted by atomic mass is 32.2. The van der Waals surface area contributed by atoms with Gasteiger partial charge in [-0.15, -0.1) is 11.8 Å². The number of amides is 2. The molecule has 2 aliphatic rings. The van der Waals surface area contributed by atoms with Gasteiger partial charge in [0, 0.05) is 46.3 Å². The lowest BCUT2D eigenvalue weighted by molar-refractivity contribution is -0.216. The summed E-state index contributed by atoms with van der Waals surface area (Å²) in [6, 6.07) is 13.2. The number of unbranched alkanes of at least 4 members (excludes halogenated alkanes) is 24. The molecule has 458 valence electrons. The second kappa shape index (κ2) is 42.0. The maximum absolute atomic E-state index is 14.2. The molecule has 0 unspecified atom stereocenters. The Morgan fingerprint density at radius 2 is 0.914 bits per heavy atom. The molecule has 1 saturated heterocycles. The second-order valence-corrected chi connectivity index (χ2v) is 23.9. The number of hydrogen-bond donors (Lipinski definition) is 0. The van der Waals surface area contributed by atoms with E-state index >= 15 is 0 Å². The van der Waals surface area contributed by atoms with Crippen molar-refractivity contribution in [2.75, 3.05) is 52.9 Å². The van der Waals surface area contributed by atoms with Crippen molar-refractivity contribution >= 4 is 41.5 Å². The van der Waals surface area contributed by atoms with Crippen LogP contribution in [0.3, 0.4) is 0 Å². The highest BCUT2D eigenvalue weighted by Crippen LogP contribution is 2.40. The number of hydrogen-bond acceptors (Lipinski definition) is 14. The van der Waals surface area contributed by atoms with E-state index in [2.05, 4.69) is 26.8 Å². The van der Waals surface area contributed by atoms with Gasteiger partial charge in [0.25, 0.3) is 11.8 Å². The molecule has 1 fully saturated rings. The fourth-order valence-corrected chi connectivity index (χ4v) is 12.0. The quantitative estimate of drug-likeness (QED) is 0.0266. The van der Waals surface area contributed by atoms with Crippen molar-refractivity contribution in [2.45, 2.75) is 257 Å². The summed E-state index contributed by atoms with van der Waals surface area (Å²) in [4.78, 5) is 66.9. The molecule has 2 heterocycles. The van der Waals surface area contributed by atoms with Crippen molar-refractivity contribution in [3.05, 3.63) is 70.8 Å². The van der Waals surface area contributed by atoms with Gasteiger partial charge in [0.2, 0.25) is 0 Å². The molecule has 0 radical (unpaired) electrons. The van der Waals surface area contributed by atoms with E-state index in [9.17, 15) is 24.0 Å². The standard InChI is InChI=1S/C66H105NO13S/c1-7-10-13-16-19-22-25-28-33-41-73-48-66(49-74-42-34-29-26-23-20-17-14-11-8-2,50-75-43-35-30-27-24-21-18-15-12-9-3)51-76-45-55-37-36-38-56(44-55)47-81-65-60(67-63(71)57-39-31-32-40-58(57)64(67)72)62(79-54(6)70)61(78-53(5)69)59(80-65)46-77-52(4)68/h31-32,36-40,44,59-62,65H,7-30,33-35,41-43,45-51H2,1-6H3/t59-,60-,61-,62-,65+/m1/s1. The number of rotatable bonds is 48. The normalized spacial score (nSPS) is 18.1. The van der Waals surface area contributed by atoms with Gasteiger partial charge in [0.1, 0.15) is 24.2 Å². The Bertz CT molecular complexity index is 1970. The third-order valence-corrected chi connectivity index (χ3v) is 16.5. The molecule has 0 spiro atoms. The summed E-state index contributed by atoms with van der Waals surface area (Å²) < 4.78 is 49.9. The van der Waals surface area contributed by atoms with Gasteiger partial charge >= 0.3 is 17.9 Å². The molecule has 14 nitrogen and oxygen atoms in total. The van der Waals surface area contributed by atoms with Crippen LogP contribution in [0.2, 0.25) is 0 Å². The van der Waals surface area contributed by atoms with Crippen molar-refractivity contribution in [1.82, 2.24) is 4.90 Å². The molecule has 81 heavy (non-hydrogen) atoms. The van der Waals surface area contributed by atoms with Crippen LogP contribution in [0.4, 0.5) is 0 Å². The molecule has 0 aromatic heterocycles. The average molecular weight is 1150 g/mol. The Morgan fingerprint density at radius 1 is 0.506 bits per heavy atom. The zero-order chi connectivity index (χ0) is 58.3. The number of carbonyl (C=O) groups excluding carboxylic acids is 5. The minimum absolute atomic E-state index is 0.191. The minimum atomic E-state index is -1.36. The summed E-state index contributed by atoms with van der Waals surface area (Å²) in [6.07, 6.45) is 29.9. The van der Waals surface area contributed by atoms with Crippen molar-refractivity contribution < 1.29 is 61.9 Å². The molecule has 15 heteroatoms. The third-order valence-electron chi connectivity index (χ3n) is 15.3. The fraction of sp³-hybridized carbons (Fsp3) is 0.742. The van der Waals surface area contributed by atoms with Crippen molar-refractivity contribution in [3.63, 3.8) is 0 Å². The zero-order valence-electron chi connectivity index (χ0n) is 50.8. The summed E-state index contributed by atoms with van der Waals surface area (Å²) in [5.74, 6) is -2.91. The van der Waals surface area contributed by atoms with Gasteiger partial charge in [-0.3, -0.25) is 28.9 Å². The lowest BCUT2D eigenvalue weighted by Gasteiger charge is -2.47. The number of thioether (sulfide) groups is 1. The SMILES string of the molecule is CCCCCCCCCCCOCC(COCCCCCCCCCCC)(COCCCCCCCCCCC)COCc1cccc(CS[C@@H]2O[C@H](COC(C)=O)[C@@H](OC(C)=O)[C@H](OC(C)=O)[C@H]2N2C(=O)c3ccccc3C2=O)c1. The van der Waals surface area contributed by atoms with E-state index < -0.39 is 64.9 Å². The molecule has 0 bridgehead atoms. The largest absolute Gasteiger partial charge is 0.463 e. The molecule has 5 atom stereocenters. The van der Waals surface area contributed by atoms with Crippen LogP contribution in [-0.4, -0.2) is 117 Å². The predicted molar refractivity (Wildman–Crippen MR) is 321 cm³/mol. The van der Waals surface area contributed by atoms with Crippen LogP contribution in [0.15, 0.2) is 48.5 Å². The molecule has 2 amide bonds. The maximum Gasteiger partial charge on any atom is 0.303 e. The van der Waals surface area contributed by atoms with Gasteiger partial charge < -0.3 is 37.9 Å². The molecule has 4 rings (SSSR count). The number of carbonyl (C=O) groups is 5. The number of imide groups is 1. The molecule has 0 N–H and O–H groups in total. The summed E-state index contributed by atoms with van der Waals surface area (Å²) >= 11 is 1.29. The van der Waals surface area contributed by atoms with Gasteiger partial charge in [-0.1, -0.05) is 211 Å². The molecular weight excluding hydrogens is 1050 g/mol. The van der Waals surface area contributed by atoms with Gasteiger partial charge in [0.05, 0.1) is 49.6 Å². The van der Waals surface area contributed by atoms with E-state index in [0.717, 1.165) is 54.6 Å². The molecular formula is C66H105NO13S. The van der Waals surface area contributed by atoms with Crippen molar-refractivity contribution in [3.8, 4) is 0 Å². The van der Waals surface area contributed by atoms with E-state index in [1.165, 1.54) is 167 Å². The highest BCUT2D eigenvalue weighted by molar-refractivity contribution is 7.99. The predicted octanol–water partition coefficient (Wildman–Crippen LogP) is 14.9. The van der Waals surface area contributed by atoms with Gasteiger partial charge in [0.15, 0.2) is 12.2 Å². The number of ether oxygens (including phenoxy) is 8.